The van der Waals surface area contributed by atoms with Crippen molar-refractivity contribution in [2.75, 3.05) is 17.9 Å². The van der Waals surface area contributed by atoms with E-state index in [1.807, 2.05) is 16.7 Å². The van der Waals surface area contributed by atoms with Crippen molar-refractivity contribution in [2.24, 2.45) is 4.99 Å². The van der Waals surface area contributed by atoms with Crippen LogP contribution < -0.4 is 19.0 Å². The average molecular weight is 508 g/mol. The Morgan fingerprint density at radius 1 is 1.06 bits per heavy atom. The Balaban J connectivity index is 1.44. The molecule has 4 aromatic rings. The van der Waals surface area contributed by atoms with Crippen LogP contribution in [0.5, 0.6) is 11.5 Å². The summed E-state index contributed by atoms with van der Waals surface area (Å²) in [5, 5.41) is 0. The van der Waals surface area contributed by atoms with Gasteiger partial charge in [0.1, 0.15) is 13.2 Å². The lowest BCUT2D eigenvalue weighted by Gasteiger charge is -2.18. The summed E-state index contributed by atoms with van der Waals surface area (Å²) >= 11 is 1.37. The summed E-state index contributed by atoms with van der Waals surface area (Å²) in [7, 11) is -3.72. The minimum atomic E-state index is -3.72. The maximum Gasteiger partial charge on any atom is 0.279 e. The van der Waals surface area contributed by atoms with Crippen molar-refractivity contribution in [3.8, 4) is 11.5 Å². The van der Waals surface area contributed by atoms with E-state index >= 15 is 0 Å². The molecule has 1 aliphatic rings. The third-order valence-corrected chi connectivity index (χ3v) is 7.73. The maximum absolute atomic E-state index is 12.9. The Kier molecular flexibility index (Phi) is 6.14. The van der Waals surface area contributed by atoms with Gasteiger partial charge in [-0.3, -0.25) is 9.52 Å². The molecule has 0 aliphatic carbocycles. The molecule has 0 unspecified atom stereocenters. The summed E-state index contributed by atoms with van der Waals surface area (Å²) in [6.07, 6.45) is 1.74. The second kappa shape index (κ2) is 9.40. The van der Waals surface area contributed by atoms with Gasteiger partial charge >= 0.3 is 0 Å². The van der Waals surface area contributed by atoms with Crippen molar-refractivity contribution in [1.82, 2.24) is 4.57 Å². The third kappa shape index (κ3) is 4.71. The van der Waals surface area contributed by atoms with E-state index in [-0.39, 0.29) is 4.90 Å². The fourth-order valence-corrected chi connectivity index (χ4v) is 5.77. The summed E-state index contributed by atoms with van der Waals surface area (Å²) < 4.78 is 41.7. The number of nitrogens with zero attached hydrogens (tertiary/aromatic N) is 2. The van der Waals surface area contributed by atoms with Crippen LogP contribution in [0, 0.1) is 0 Å². The first-order valence-electron chi connectivity index (χ1n) is 10.8. The van der Waals surface area contributed by atoms with E-state index in [0.717, 1.165) is 10.2 Å². The van der Waals surface area contributed by atoms with Gasteiger partial charge in [0.15, 0.2) is 16.3 Å². The van der Waals surface area contributed by atoms with Crippen LogP contribution in [0.25, 0.3) is 10.2 Å². The van der Waals surface area contributed by atoms with Crippen LogP contribution in [0.4, 0.5) is 5.69 Å². The van der Waals surface area contributed by atoms with Gasteiger partial charge in [-0.2, -0.15) is 4.99 Å². The number of hydrogen-bond acceptors (Lipinski definition) is 6. The number of thiazole rings is 1. The van der Waals surface area contributed by atoms with Gasteiger partial charge in [-0.05, 0) is 36.4 Å². The minimum absolute atomic E-state index is 0.157. The number of carbonyl (C=O) groups is 1. The molecule has 1 aromatic heterocycles. The lowest BCUT2D eigenvalue weighted by molar-refractivity contribution is 0.0998. The Bertz CT molecular complexity index is 1590. The molecule has 0 atom stereocenters. The quantitative estimate of drug-likeness (QED) is 0.395. The highest BCUT2D eigenvalue weighted by Gasteiger charge is 2.17. The normalized spacial score (nSPS) is 13.5. The second-order valence-corrected chi connectivity index (χ2v) is 10.4. The highest BCUT2D eigenvalue weighted by molar-refractivity contribution is 7.92. The first kappa shape index (κ1) is 22.9. The van der Waals surface area contributed by atoms with Gasteiger partial charge in [0.2, 0.25) is 0 Å². The molecule has 0 bridgehead atoms. The molecule has 1 amide bonds. The topological polar surface area (TPSA) is 99.0 Å². The van der Waals surface area contributed by atoms with Gasteiger partial charge in [-0.15, -0.1) is 6.58 Å². The number of hydrogen-bond donors (Lipinski definition) is 1. The van der Waals surface area contributed by atoms with Crippen molar-refractivity contribution in [3.63, 3.8) is 0 Å². The summed E-state index contributed by atoms with van der Waals surface area (Å²) in [4.78, 5) is 17.9. The van der Waals surface area contributed by atoms with E-state index in [9.17, 15) is 13.2 Å². The van der Waals surface area contributed by atoms with Crippen molar-refractivity contribution < 1.29 is 22.7 Å². The molecule has 35 heavy (non-hydrogen) atoms. The average Bonchev–Trinajstić information content (AvgIpc) is 3.19. The number of carbonyl (C=O) groups excluding carboxylic acids is 1. The molecule has 1 N–H and O–H groups in total. The number of rotatable bonds is 6. The lowest BCUT2D eigenvalue weighted by atomic mass is 10.2. The monoisotopic (exact) mass is 507 g/mol. The number of benzene rings is 3. The van der Waals surface area contributed by atoms with Gasteiger partial charge in [-0.25, -0.2) is 8.42 Å². The van der Waals surface area contributed by atoms with Crippen LogP contribution in [0.3, 0.4) is 0 Å². The predicted molar refractivity (Wildman–Crippen MR) is 135 cm³/mol. The van der Waals surface area contributed by atoms with Gasteiger partial charge in [0.05, 0.1) is 15.1 Å². The van der Waals surface area contributed by atoms with E-state index in [1.54, 1.807) is 36.4 Å². The molecule has 178 valence electrons. The molecule has 0 saturated carbocycles. The summed E-state index contributed by atoms with van der Waals surface area (Å²) in [6.45, 7) is 5.25. The van der Waals surface area contributed by atoms with Crippen LogP contribution in [0.2, 0.25) is 0 Å². The largest absolute Gasteiger partial charge is 0.486 e. The number of anilines is 1. The molecule has 5 rings (SSSR count). The highest BCUT2D eigenvalue weighted by Crippen LogP contribution is 2.35. The lowest BCUT2D eigenvalue weighted by Crippen LogP contribution is -2.17. The standard InChI is InChI=1S/C25H21N3O5S2/c1-2-12-28-20-15-21-22(33-14-13-32-21)16-23(20)34-25(28)26-24(29)17-8-10-18(11-9-17)27-35(30,31)19-6-4-3-5-7-19/h2-11,15-16,27H,1,12-14H2. The molecule has 0 fully saturated rings. The van der Waals surface area contributed by atoms with Crippen LogP contribution in [0.1, 0.15) is 10.4 Å². The molecule has 0 saturated heterocycles. The Hall–Kier alpha value is -3.89. The minimum Gasteiger partial charge on any atom is -0.486 e. The SMILES string of the molecule is C=CCn1c(=NC(=O)c2ccc(NS(=O)(=O)c3ccccc3)cc2)sc2cc3c(cc21)OCCO3. The van der Waals surface area contributed by atoms with Gasteiger partial charge in [0, 0.05) is 29.9 Å². The van der Waals surface area contributed by atoms with E-state index in [1.165, 1.54) is 35.6 Å². The Morgan fingerprint density at radius 2 is 1.74 bits per heavy atom. The molecule has 3 aromatic carbocycles. The molecule has 10 heteroatoms. The molecule has 2 heterocycles. The van der Waals surface area contributed by atoms with E-state index in [4.69, 9.17) is 9.47 Å². The van der Waals surface area contributed by atoms with Crippen LogP contribution in [-0.4, -0.2) is 32.1 Å². The fraction of sp³-hybridized carbons (Fsp3) is 0.120. The zero-order chi connectivity index (χ0) is 24.4. The third-order valence-electron chi connectivity index (χ3n) is 5.29. The zero-order valence-corrected chi connectivity index (χ0v) is 20.1. The van der Waals surface area contributed by atoms with E-state index in [2.05, 4.69) is 16.3 Å². The second-order valence-electron chi connectivity index (χ2n) is 7.66. The van der Waals surface area contributed by atoms with Crippen molar-refractivity contribution in [2.45, 2.75) is 11.4 Å². The Labute approximate surface area is 205 Å². The summed E-state index contributed by atoms with van der Waals surface area (Å²) in [5.74, 6) is 0.886. The summed E-state index contributed by atoms with van der Waals surface area (Å²) in [6, 6.07) is 18.0. The van der Waals surface area contributed by atoms with Crippen LogP contribution in [0.15, 0.2) is 89.3 Å². The maximum atomic E-state index is 12.9. The summed E-state index contributed by atoms with van der Waals surface area (Å²) in [5.41, 5.74) is 1.55. The number of sulfonamides is 1. The van der Waals surface area contributed by atoms with Gasteiger partial charge < -0.3 is 14.0 Å². The number of allylic oxidation sites excluding steroid dienone is 1. The first-order chi connectivity index (χ1) is 16.9. The smallest absolute Gasteiger partial charge is 0.279 e. The number of aromatic nitrogens is 1. The first-order valence-corrected chi connectivity index (χ1v) is 13.1. The molecule has 8 nitrogen and oxygen atoms in total. The van der Waals surface area contributed by atoms with Crippen molar-refractivity contribution >= 4 is 43.2 Å². The van der Waals surface area contributed by atoms with Crippen LogP contribution >= 0.6 is 11.3 Å². The van der Waals surface area contributed by atoms with Crippen LogP contribution in [-0.2, 0) is 16.6 Å². The molecule has 1 aliphatic heterocycles. The Morgan fingerprint density at radius 3 is 2.43 bits per heavy atom. The predicted octanol–water partition coefficient (Wildman–Crippen LogP) is 4.20. The molecular weight excluding hydrogens is 486 g/mol. The van der Waals surface area contributed by atoms with Crippen molar-refractivity contribution in [1.29, 1.82) is 0 Å². The highest BCUT2D eigenvalue weighted by atomic mass is 32.2. The molecular formula is C25H21N3O5S2. The zero-order valence-electron chi connectivity index (χ0n) is 18.5. The van der Waals surface area contributed by atoms with Gasteiger partial charge in [0.25, 0.3) is 15.9 Å². The van der Waals surface area contributed by atoms with E-state index in [0.29, 0.717) is 47.3 Å². The fourth-order valence-electron chi connectivity index (χ4n) is 3.64. The van der Waals surface area contributed by atoms with E-state index < -0.39 is 15.9 Å². The molecule has 0 spiro atoms. The number of amides is 1. The van der Waals surface area contributed by atoms with Crippen molar-refractivity contribution in [3.05, 3.63) is 89.7 Å². The van der Waals surface area contributed by atoms with Gasteiger partial charge in [-0.1, -0.05) is 35.6 Å². The number of fused-ring (bicyclic) bond motifs is 2. The molecule has 0 radical (unpaired) electrons. The number of nitrogens with one attached hydrogen (secondary N) is 1. The number of ether oxygens (including phenoxy) is 2.